The van der Waals surface area contributed by atoms with Crippen LogP contribution in [0.5, 0.6) is 0 Å². The number of halogens is 1. The summed E-state index contributed by atoms with van der Waals surface area (Å²) in [5, 5.41) is 2.53. The van der Waals surface area contributed by atoms with Crippen molar-refractivity contribution < 1.29 is 18.8 Å². The van der Waals surface area contributed by atoms with E-state index in [0.29, 0.717) is 13.2 Å². The first kappa shape index (κ1) is 33.4. The van der Waals surface area contributed by atoms with Crippen molar-refractivity contribution in [1.29, 1.82) is 0 Å². The fourth-order valence-corrected chi connectivity index (χ4v) is 4.10. The molecule has 0 spiro atoms. The summed E-state index contributed by atoms with van der Waals surface area (Å²) in [5.41, 5.74) is 0.727. The fraction of sp³-hybridized carbons (Fsp3) is 0.893. The van der Waals surface area contributed by atoms with Crippen LogP contribution in [0.4, 0.5) is 4.79 Å². The van der Waals surface area contributed by atoms with Crippen LogP contribution in [0.2, 0.25) is 0 Å². The Hall–Kier alpha value is -0.590. The number of carbonyl (C=O) groups excluding carboxylic acids is 1. The van der Waals surface area contributed by atoms with E-state index in [1.807, 2.05) is 0 Å². The predicted octanol–water partition coefficient (Wildman–Crippen LogP) is 7.97. The maximum atomic E-state index is 11.8. The molecule has 0 radical (unpaired) electrons. The van der Waals surface area contributed by atoms with Gasteiger partial charge in [0.1, 0.15) is 11.6 Å². The largest absolute Gasteiger partial charge is 0.445 e. The van der Waals surface area contributed by atoms with Crippen molar-refractivity contribution in [2.75, 3.05) is 47.4 Å². The van der Waals surface area contributed by atoms with E-state index in [1.54, 1.807) is 0 Å². The number of rotatable bonds is 24. The number of alkyl halides is 1. The van der Waals surface area contributed by atoms with E-state index in [2.05, 4.69) is 55.9 Å². The number of alkyl carbamates (subject to hydrolysis) is 1. The van der Waals surface area contributed by atoms with Crippen LogP contribution in [-0.2, 0) is 9.47 Å². The third-order valence-corrected chi connectivity index (χ3v) is 6.91. The highest BCUT2D eigenvalue weighted by Gasteiger charge is 2.12. The lowest BCUT2D eigenvalue weighted by atomic mass is 10.0. The summed E-state index contributed by atoms with van der Waals surface area (Å²) in [5.74, 6) is 0. The average molecular weight is 549 g/mol. The predicted molar refractivity (Wildman–Crippen MR) is 150 cm³/mol. The van der Waals surface area contributed by atoms with Gasteiger partial charge in [0.25, 0.3) is 0 Å². The van der Waals surface area contributed by atoms with Crippen LogP contribution < -0.4 is 5.32 Å². The third kappa shape index (κ3) is 24.5. The van der Waals surface area contributed by atoms with Gasteiger partial charge in [-0.25, -0.2) is 4.79 Å². The molecule has 6 heteroatoms. The zero-order valence-electron chi connectivity index (χ0n) is 23.0. The topological polar surface area (TPSA) is 47.6 Å². The fourth-order valence-electron chi connectivity index (χ4n) is 3.78. The number of quaternary nitrogens is 1. The van der Waals surface area contributed by atoms with Crippen molar-refractivity contribution in [1.82, 2.24) is 5.32 Å². The minimum atomic E-state index is -0.391. The minimum absolute atomic E-state index is 0.166. The Labute approximate surface area is 220 Å². The number of amides is 1. The van der Waals surface area contributed by atoms with Crippen LogP contribution in [0.3, 0.4) is 0 Å². The molecule has 0 aliphatic rings. The molecule has 0 aromatic rings. The van der Waals surface area contributed by atoms with Gasteiger partial charge in [-0.05, 0) is 24.8 Å². The number of hydrogen-bond donors (Lipinski definition) is 1. The molecular weight excluding hydrogens is 492 g/mol. The van der Waals surface area contributed by atoms with Crippen molar-refractivity contribution in [2.24, 2.45) is 0 Å². The Bertz CT molecular complexity index is 495. The Balaban J connectivity index is 3.46. The lowest BCUT2D eigenvalue weighted by molar-refractivity contribution is -0.870. The van der Waals surface area contributed by atoms with E-state index in [1.165, 1.54) is 83.5 Å². The molecule has 0 aromatic heterocycles. The van der Waals surface area contributed by atoms with Gasteiger partial charge in [-0.15, -0.1) is 0 Å². The van der Waals surface area contributed by atoms with Gasteiger partial charge in [0.15, 0.2) is 0 Å². The lowest BCUT2D eigenvalue weighted by Crippen LogP contribution is -2.35. The Morgan fingerprint density at radius 3 is 1.82 bits per heavy atom. The Kier molecular flexibility index (Phi) is 22.5. The van der Waals surface area contributed by atoms with Crippen molar-refractivity contribution >= 4 is 22.0 Å². The van der Waals surface area contributed by atoms with Crippen LogP contribution in [-0.4, -0.2) is 63.0 Å². The van der Waals surface area contributed by atoms with Gasteiger partial charge in [-0.2, -0.15) is 0 Å². The highest BCUT2D eigenvalue weighted by atomic mass is 79.9. The second-order valence-electron chi connectivity index (χ2n) is 10.7. The van der Waals surface area contributed by atoms with E-state index >= 15 is 0 Å². The van der Waals surface area contributed by atoms with Gasteiger partial charge in [0.2, 0.25) is 0 Å². The van der Waals surface area contributed by atoms with Gasteiger partial charge in [-0.3, -0.25) is 0 Å². The first-order chi connectivity index (χ1) is 16.3. The molecule has 0 heterocycles. The molecule has 1 N–H and O–H groups in total. The smallest absolute Gasteiger partial charge is 0.407 e. The Morgan fingerprint density at radius 1 is 0.824 bits per heavy atom. The van der Waals surface area contributed by atoms with Gasteiger partial charge >= 0.3 is 6.09 Å². The van der Waals surface area contributed by atoms with E-state index in [0.717, 1.165) is 35.9 Å². The summed E-state index contributed by atoms with van der Waals surface area (Å²) < 4.78 is 12.0. The molecular formula is C28H56BrN2O3+. The first-order valence-corrected chi connectivity index (χ1v) is 14.8. The molecule has 34 heavy (non-hydrogen) atoms. The summed E-state index contributed by atoms with van der Waals surface area (Å²) in [4.78, 5) is 11.8. The third-order valence-electron chi connectivity index (χ3n) is 6.00. The highest BCUT2D eigenvalue weighted by molar-refractivity contribution is 9.09. The number of hydrogen-bond acceptors (Lipinski definition) is 3. The molecule has 0 aliphatic carbocycles. The van der Waals surface area contributed by atoms with Crippen molar-refractivity contribution in [3.8, 4) is 0 Å². The molecule has 0 rings (SSSR count). The lowest BCUT2D eigenvalue weighted by Gasteiger charge is -2.23. The quantitative estimate of drug-likeness (QED) is 0.0576. The van der Waals surface area contributed by atoms with Crippen LogP contribution in [0, 0.1) is 0 Å². The molecule has 0 fully saturated rings. The Morgan fingerprint density at radius 2 is 1.32 bits per heavy atom. The summed E-state index contributed by atoms with van der Waals surface area (Å²) in [6.07, 6.45) is 20.5. The standard InChI is InChI=1S/C28H55BrN2O3/c1-6-7-8-9-10-11-12-13-14-15-16-17-18-21-24-33-27(29)26(2)25-34-28(32)30-22-19-20-23-31(3,4)5/h27H,2,6-25H2,1,3-5H3/p+1. The molecule has 0 aliphatic heterocycles. The number of nitrogens with zero attached hydrogens (tertiary/aromatic N) is 1. The number of ether oxygens (including phenoxy) is 2. The van der Waals surface area contributed by atoms with Crippen LogP contribution in [0.25, 0.3) is 0 Å². The average Bonchev–Trinajstić information content (AvgIpc) is 2.78. The monoisotopic (exact) mass is 547 g/mol. The molecule has 1 amide bonds. The minimum Gasteiger partial charge on any atom is -0.445 e. The summed E-state index contributed by atoms with van der Waals surface area (Å²) in [6.45, 7) is 8.85. The summed E-state index contributed by atoms with van der Waals surface area (Å²) >= 11 is 3.49. The maximum Gasteiger partial charge on any atom is 0.407 e. The van der Waals surface area contributed by atoms with Gasteiger partial charge in [0.05, 0.1) is 27.7 Å². The maximum absolute atomic E-state index is 11.8. The second kappa shape index (κ2) is 22.8. The van der Waals surface area contributed by atoms with Crippen molar-refractivity contribution in [3.63, 3.8) is 0 Å². The molecule has 0 saturated heterocycles. The summed E-state index contributed by atoms with van der Waals surface area (Å²) in [7, 11) is 6.52. The van der Waals surface area contributed by atoms with Crippen LogP contribution in [0.15, 0.2) is 12.2 Å². The van der Waals surface area contributed by atoms with E-state index in [9.17, 15) is 4.79 Å². The zero-order chi connectivity index (χ0) is 25.5. The molecule has 0 saturated carbocycles. The number of unbranched alkanes of at least 4 members (excludes halogenated alkanes) is 14. The van der Waals surface area contributed by atoms with Crippen molar-refractivity contribution in [3.05, 3.63) is 12.2 Å². The van der Waals surface area contributed by atoms with E-state index in [4.69, 9.17) is 9.47 Å². The summed E-state index contributed by atoms with van der Waals surface area (Å²) in [6, 6.07) is 0. The molecule has 0 bridgehead atoms. The molecule has 202 valence electrons. The normalized spacial score (nSPS) is 12.5. The first-order valence-electron chi connectivity index (χ1n) is 13.9. The highest BCUT2D eigenvalue weighted by Crippen LogP contribution is 2.15. The molecule has 0 aromatic carbocycles. The zero-order valence-corrected chi connectivity index (χ0v) is 24.6. The van der Waals surface area contributed by atoms with Crippen molar-refractivity contribution in [2.45, 2.75) is 115 Å². The molecule has 1 atom stereocenters. The van der Waals surface area contributed by atoms with Crippen LogP contribution in [0.1, 0.15) is 110 Å². The molecule has 5 nitrogen and oxygen atoms in total. The SMILES string of the molecule is C=C(COC(=O)NCCCC[N+](C)(C)C)C(Br)OCCCCCCCCCCCCCCCC. The van der Waals surface area contributed by atoms with E-state index in [-0.39, 0.29) is 11.6 Å². The number of carbonyl (C=O) groups is 1. The number of nitrogens with one attached hydrogen (secondary N) is 1. The van der Waals surface area contributed by atoms with Gasteiger partial charge in [-0.1, -0.05) is 113 Å². The van der Waals surface area contributed by atoms with Gasteiger partial charge < -0.3 is 19.3 Å². The molecule has 1 unspecified atom stereocenters. The van der Waals surface area contributed by atoms with Gasteiger partial charge in [0, 0.05) is 13.2 Å². The van der Waals surface area contributed by atoms with E-state index < -0.39 is 6.09 Å². The van der Waals surface area contributed by atoms with Crippen LogP contribution >= 0.6 is 15.9 Å². The second-order valence-corrected chi connectivity index (χ2v) is 11.5.